The van der Waals surface area contributed by atoms with Crippen molar-refractivity contribution in [2.24, 2.45) is 0 Å². The van der Waals surface area contributed by atoms with Gasteiger partial charge in [-0.1, -0.05) is 152 Å². The van der Waals surface area contributed by atoms with Gasteiger partial charge in [0, 0.05) is 27.2 Å². The first-order chi connectivity index (χ1) is 27.7. The molecule has 9 aromatic carbocycles. The average Bonchev–Trinajstić information content (AvgIpc) is 3.82. The van der Waals surface area contributed by atoms with Gasteiger partial charge in [0.05, 0.1) is 11.0 Å². The third kappa shape index (κ3) is 5.42. The number of aromatic nitrogens is 1. The summed E-state index contributed by atoms with van der Waals surface area (Å²) in [5, 5.41) is 4.76. The molecule has 0 radical (unpaired) electrons. The molecule has 2 heterocycles. The molecule has 2 nitrogen and oxygen atoms in total. The first kappa shape index (κ1) is 32.0. The summed E-state index contributed by atoms with van der Waals surface area (Å²) in [4.78, 5) is 0. The fourth-order valence-electron chi connectivity index (χ4n) is 8.49. The minimum Gasteiger partial charge on any atom is -0.456 e. The third-order valence-corrected chi connectivity index (χ3v) is 11.2. The second-order valence-corrected chi connectivity index (χ2v) is 14.5. The molecule has 0 aliphatic heterocycles. The van der Waals surface area contributed by atoms with Gasteiger partial charge in [-0.2, -0.15) is 0 Å². The molecule has 11 aromatic rings. The Labute approximate surface area is 325 Å². The Morgan fingerprint density at radius 1 is 0.268 bits per heavy atom. The fourth-order valence-corrected chi connectivity index (χ4v) is 8.49. The van der Waals surface area contributed by atoms with E-state index in [1.54, 1.807) is 0 Å². The van der Waals surface area contributed by atoms with Gasteiger partial charge >= 0.3 is 0 Å². The number of nitrogens with zero attached hydrogens (tertiary/aromatic N) is 1. The number of rotatable bonds is 6. The number of furan rings is 1. The monoisotopic (exact) mass is 713 g/mol. The van der Waals surface area contributed by atoms with Crippen molar-refractivity contribution in [2.75, 3.05) is 0 Å². The summed E-state index contributed by atoms with van der Waals surface area (Å²) in [5.74, 6) is 0. The number of hydrogen-bond donors (Lipinski definition) is 0. The quantitative estimate of drug-likeness (QED) is 0.168. The van der Waals surface area contributed by atoms with Gasteiger partial charge in [-0.05, 0) is 116 Å². The van der Waals surface area contributed by atoms with Crippen molar-refractivity contribution in [1.82, 2.24) is 4.57 Å². The lowest BCUT2D eigenvalue weighted by atomic mass is 9.89. The lowest BCUT2D eigenvalue weighted by Gasteiger charge is -2.15. The molecule has 0 aliphatic rings. The maximum atomic E-state index is 6.15. The normalized spacial score (nSPS) is 11.6. The van der Waals surface area contributed by atoms with Gasteiger partial charge in [0.1, 0.15) is 11.2 Å². The highest BCUT2D eigenvalue weighted by Gasteiger charge is 2.16. The van der Waals surface area contributed by atoms with Gasteiger partial charge in [-0.15, -0.1) is 0 Å². The van der Waals surface area contributed by atoms with Crippen LogP contribution in [-0.2, 0) is 0 Å². The summed E-state index contributed by atoms with van der Waals surface area (Å²) < 4.78 is 8.56. The van der Waals surface area contributed by atoms with Crippen LogP contribution >= 0.6 is 0 Å². The van der Waals surface area contributed by atoms with Crippen molar-refractivity contribution in [1.29, 1.82) is 0 Å². The van der Waals surface area contributed by atoms with E-state index in [9.17, 15) is 0 Å². The first-order valence-electron chi connectivity index (χ1n) is 19.2. The molecule has 11 rings (SSSR count). The van der Waals surface area contributed by atoms with E-state index in [1.807, 2.05) is 12.1 Å². The van der Waals surface area contributed by atoms with Gasteiger partial charge < -0.3 is 8.98 Å². The van der Waals surface area contributed by atoms with Gasteiger partial charge in [0.25, 0.3) is 0 Å². The molecule has 0 saturated carbocycles. The largest absolute Gasteiger partial charge is 0.456 e. The van der Waals surface area contributed by atoms with Crippen LogP contribution in [0.15, 0.2) is 217 Å². The zero-order valence-corrected chi connectivity index (χ0v) is 30.6. The number of benzene rings is 9. The van der Waals surface area contributed by atoms with Crippen molar-refractivity contribution in [2.45, 2.75) is 0 Å². The maximum Gasteiger partial charge on any atom is 0.135 e. The molecule has 56 heavy (non-hydrogen) atoms. The molecule has 0 spiro atoms. The maximum absolute atomic E-state index is 6.15. The zero-order chi connectivity index (χ0) is 37.0. The smallest absolute Gasteiger partial charge is 0.135 e. The van der Waals surface area contributed by atoms with E-state index < -0.39 is 0 Å². The SMILES string of the molecule is c1ccc(-c2cc(-c3ccccc3)cc(-c3ccccc3-c3ccc(-n4c5ccccc5c5ccc(-c6ccc7oc8ccccc8c7c6)cc54)cc3)c2)cc1. The van der Waals surface area contributed by atoms with Crippen LogP contribution in [0.4, 0.5) is 0 Å². The number of fused-ring (bicyclic) bond motifs is 6. The average molecular weight is 714 g/mol. The van der Waals surface area contributed by atoms with Crippen LogP contribution in [0.2, 0.25) is 0 Å². The second-order valence-electron chi connectivity index (χ2n) is 14.5. The van der Waals surface area contributed by atoms with Crippen LogP contribution in [0.1, 0.15) is 0 Å². The Morgan fingerprint density at radius 2 is 0.786 bits per heavy atom. The van der Waals surface area contributed by atoms with Crippen LogP contribution < -0.4 is 0 Å². The number of hydrogen-bond acceptors (Lipinski definition) is 1. The van der Waals surface area contributed by atoms with E-state index in [2.05, 4.69) is 205 Å². The standard InChI is InChI=1S/C54H35NO/c1-3-13-36(14-4-1)41-31-42(37-15-5-2-6-16-37)33-43(32-41)46-18-8-7-17-45(46)38-23-27-44(28-24-38)55-51-21-11-9-19-47(51)48-29-25-40(35-52(48)55)39-26-30-54-50(34-39)49-20-10-12-22-53(49)56-54/h1-35H. The fraction of sp³-hybridized carbons (Fsp3) is 0. The summed E-state index contributed by atoms with van der Waals surface area (Å²) in [5.41, 5.74) is 17.3. The predicted molar refractivity (Wildman–Crippen MR) is 235 cm³/mol. The molecule has 0 N–H and O–H groups in total. The Morgan fingerprint density at radius 3 is 1.52 bits per heavy atom. The summed E-state index contributed by atoms with van der Waals surface area (Å²) >= 11 is 0. The van der Waals surface area contributed by atoms with E-state index in [0.717, 1.165) is 27.6 Å². The van der Waals surface area contributed by atoms with Gasteiger partial charge in [0.15, 0.2) is 0 Å². The van der Waals surface area contributed by atoms with Crippen molar-refractivity contribution >= 4 is 43.7 Å². The third-order valence-electron chi connectivity index (χ3n) is 11.2. The molecular weight excluding hydrogens is 679 g/mol. The Hall–Kier alpha value is -7.42. The van der Waals surface area contributed by atoms with Crippen LogP contribution in [0.5, 0.6) is 0 Å². The lowest BCUT2D eigenvalue weighted by Crippen LogP contribution is -1.94. The summed E-state index contributed by atoms with van der Waals surface area (Å²) in [6, 6.07) is 76.6. The molecule has 0 saturated heterocycles. The highest BCUT2D eigenvalue weighted by molar-refractivity contribution is 6.11. The zero-order valence-electron chi connectivity index (χ0n) is 30.6. The molecular formula is C54H35NO. The van der Waals surface area contributed by atoms with Crippen LogP contribution in [0, 0.1) is 0 Å². The van der Waals surface area contributed by atoms with Crippen molar-refractivity contribution in [3.05, 3.63) is 212 Å². The van der Waals surface area contributed by atoms with Crippen molar-refractivity contribution in [3.8, 4) is 61.3 Å². The van der Waals surface area contributed by atoms with Gasteiger partial charge in [0.2, 0.25) is 0 Å². The van der Waals surface area contributed by atoms with E-state index in [4.69, 9.17) is 4.42 Å². The molecule has 0 atom stereocenters. The highest BCUT2D eigenvalue weighted by Crippen LogP contribution is 2.40. The molecule has 2 heteroatoms. The van der Waals surface area contributed by atoms with E-state index in [0.29, 0.717) is 0 Å². The minimum atomic E-state index is 0.910. The summed E-state index contributed by atoms with van der Waals surface area (Å²) in [6.07, 6.45) is 0. The van der Waals surface area contributed by atoms with E-state index in [-0.39, 0.29) is 0 Å². The van der Waals surface area contributed by atoms with Crippen LogP contribution in [-0.4, -0.2) is 4.57 Å². The summed E-state index contributed by atoms with van der Waals surface area (Å²) in [7, 11) is 0. The first-order valence-corrected chi connectivity index (χ1v) is 19.2. The minimum absolute atomic E-state index is 0.910. The molecule has 262 valence electrons. The van der Waals surface area contributed by atoms with Crippen LogP contribution in [0.3, 0.4) is 0 Å². The molecule has 0 aliphatic carbocycles. The molecule has 2 aromatic heterocycles. The predicted octanol–water partition coefficient (Wildman–Crippen LogP) is 15.0. The highest BCUT2D eigenvalue weighted by atomic mass is 16.3. The Bertz CT molecular complexity index is 3170. The Kier molecular flexibility index (Phi) is 7.53. The molecule has 0 fully saturated rings. The molecule has 0 amide bonds. The number of para-hydroxylation sites is 2. The Balaban J connectivity index is 1.02. The summed E-state index contributed by atoms with van der Waals surface area (Å²) in [6.45, 7) is 0. The van der Waals surface area contributed by atoms with Crippen molar-refractivity contribution < 1.29 is 4.42 Å². The van der Waals surface area contributed by atoms with E-state index >= 15 is 0 Å². The molecule has 0 bridgehead atoms. The topological polar surface area (TPSA) is 18.1 Å². The van der Waals surface area contributed by atoms with Crippen LogP contribution in [0.25, 0.3) is 105 Å². The van der Waals surface area contributed by atoms with Gasteiger partial charge in [-0.3, -0.25) is 0 Å². The lowest BCUT2D eigenvalue weighted by molar-refractivity contribution is 0.669. The van der Waals surface area contributed by atoms with Gasteiger partial charge in [-0.25, -0.2) is 0 Å². The second kappa shape index (κ2) is 13.2. The van der Waals surface area contributed by atoms with E-state index in [1.165, 1.54) is 77.4 Å². The van der Waals surface area contributed by atoms with Crippen molar-refractivity contribution in [3.63, 3.8) is 0 Å². The molecule has 0 unspecified atom stereocenters.